The molecule has 132 valence electrons. The minimum absolute atomic E-state index is 0.0139. The Kier molecular flexibility index (Phi) is 7.32. The third-order valence-electron chi connectivity index (χ3n) is 3.86. The summed E-state index contributed by atoms with van der Waals surface area (Å²) in [6.07, 6.45) is 3.12. The summed E-state index contributed by atoms with van der Waals surface area (Å²) in [5, 5.41) is 5.42. The van der Waals surface area contributed by atoms with Gasteiger partial charge in [0.25, 0.3) is 0 Å². The van der Waals surface area contributed by atoms with E-state index in [1.54, 1.807) is 20.8 Å². The number of hydrogen-bond donors (Lipinski definition) is 3. The molecule has 1 rings (SSSR count). The Hall–Kier alpha value is -1.79. The molecule has 0 unspecified atom stereocenters. The van der Waals surface area contributed by atoms with Crippen LogP contribution in [0.15, 0.2) is 0 Å². The SMILES string of the molecule is CC(C)(C)OC(=O)NCCC(=O)NCC1CCC(C(N)=O)CC1. The first-order valence-corrected chi connectivity index (χ1v) is 8.20. The van der Waals surface area contributed by atoms with E-state index < -0.39 is 11.7 Å². The third-order valence-corrected chi connectivity index (χ3v) is 3.86. The Morgan fingerprint density at radius 2 is 1.70 bits per heavy atom. The van der Waals surface area contributed by atoms with E-state index in [2.05, 4.69) is 10.6 Å². The lowest BCUT2D eigenvalue weighted by Gasteiger charge is -2.26. The molecule has 1 fully saturated rings. The summed E-state index contributed by atoms with van der Waals surface area (Å²) in [6.45, 7) is 6.21. The van der Waals surface area contributed by atoms with Crippen LogP contribution in [0.1, 0.15) is 52.9 Å². The summed E-state index contributed by atoms with van der Waals surface area (Å²) >= 11 is 0. The molecule has 1 aliphatic rings. The largest absolute Gasteiger partial charge is 0.444 e. The van der Waals surface area contributed by atoms with E-state index in [9.17, 15) is 14.4 Å². The molecule has 0 spiro atoms. The standard InChI is InChI=1S/C16H29N3O4/c1-16(2,3)23-15(22)18-9-8-13(20)19-10-11-4-6-12(7-5-11)14(17)21/h11-12H,4-10H2,1-3H3,(H2,17,21)(H,18,22)(H,19,20). The van der Waals surface area contributed by atoms with Crippen molar-refractivity contribution in [3.63, 3.8) is 0 Å². The van der Waals surface area contributed by atoms with Crippen molar-refractivity contribution in [2.45, 2.75) is 58.5 Å². The zero-order chi connectivity index (χ0) is 17.5. The Morgan fingerprint density at radius 1 is 1.09 bits per heavy atom. The quantitative estimate of drug-likeness (QED) is 0.683. The van der Waals surface area contributed by atoms with Gasteiger partial charge in [-0.25, -0.2) is 4.79 Å². The number of hydrogen-bond acceptors (Lipinski definition) is 4. The van der Waals surface area contributed by atoms with Crippen molar-refractivity contribution < 1.29 is 19.1 Å². The number of nitrogens with two attached hydrogens (primary N) is 1. The number of primary amides is 1. The zero-order valence-electron chi connectivity index (χ0n) is 14.3. The molecule has 0 aromatic rings. The van der Waals surface area contributed by atoms with E-state index >= 15 is 0 Å². The Bertz CT molecular complexity index is 424. The number of amides is 3. The molecule has 7 nitrogen and oxygen atoms in total. The van der Waals surface area contributed by atoms with Gasteiger partial charge in [0.1, 0.15) is 5.60 Å². The second-order valence-electron chi connectivity index (χ2n) is 7.10. The predicted molar refractivity (Wildman–Crippen MR) is 86.5 cm³/mol. The van der Waals surface area contributed by atoms with Crippen molar-refractivity contribution in [3.8, 4) is 0 Å². The summed E-state index contributed by atoms with van der Waals surface area (Å²) in [6, 6.07) is 0. The molecule has 1 aliphatic carbocycles. The van der Waals surface area contributed by atoms with Crippen LogP contribution in [0, 0.1) is 11.8 Å². The first-order valence-electron chi connectivity index (χ1n) is 8.20. The first kappa shape index (κ1) is 19.3. The van der Waals surface area contributed by atoms with Crippen molar-refractivity contribution >= 4 is 17.9 Å². The highest BCUT2D eigenvalue weighted by Crippen LogP contribution is 2.27. The lowest BCUT2D eigenvalue weighted by atomic mass is 9.81. The number of carbonyl (C=O) groups excluding carboxylic acids is 3. The minimum atomic E-state index is -0.546. The fourth-order valence-electron chi connectivity index (χ4n) is 2.59. The molecular formula is C16H29N3O4. The van der Waals surface area contributed by atoms with Crippen LogP contribution in [0.3, 0.4) is 0 Å². The van der Waals surface area contributed by atoms with Crippen LogP contribution in [0.2, 0.25) is 0 Å². The van der Waals surface area contributed by atoms with E-state index in [4.69, 9.17) is 10.5 Å². The summed E-state index contributed by atoms with van der Waals surface area (Å²) in [4.78, 5) is 34.3. The number of ether oxygens (including phenoxy) is 1. The molecule has 0 aromatic heterocycles. The van der Waals surface area contributed by atoms with Crippen molar-refractivity contribution in [1.82, 2.24) is 10.6 Å². The molecular weight excluding hydrogens is 298 g/mol. The average molecular weight is 327 g/mol. The number of rotatable bonds is 6. The lowest BCUT2D eigenvalue weighted by molar-refractivity contribution is -0.124. The van der Waals surface area contributed by atoms with E-state index in [1.807, 2.05) is 0 Å². The molecule has 7 heteroatoms. The van der Waals surface area contributed by atoms with Crippen LogP contribution in [-0.4, -0.2) is 36.6 Å². The summed E-state index contributed by atoms with van der Waals surface area (Å²) in [5.41, 5.74) is 4.75. The fourth-order valence-corrected chi connectivity index (χ4v) is 2.59. The number of nitrogens with one attached hydrogen (secondary N) is 2. The van der Waals surface area contributed by atoms with E-state index in [0.29, 0.717) is 12.5 Å². The molecule has 0 saturated heterocycles. The van der Waals surface area contributed by atoms with Crippen LogP contribution in [0.25, 0.3) is 0 Å². The highest BCUT2D eigenvalue weighted by atomic mass is 16.6. The van der Waals surface area contributed by atoms with Crippen molar-refractivity contribution in [2.24, 2.45) is 17.6 Å². The monoisotopic (exact) mass is 327 g/mol. The van der Waals surface area contributed by atoms with Crippen LogP contribution in [0.4, 0.5) is 4.79 Å². The van der Waals surface area contributed by atoms with Crippen LogP contribution in [-0.2, 0) is 14.3 Å². The Morgan fingerprint density at radius 3 is 2.22 bits per heavy atom. The average Bonchev–Trinajstić information content (AvgIpc) is 2.43. The Balaban J connectivity index is 2.11. The zero-order valence-corrected chi connectivity index (χ0v) is 14.3. The smallest absolute Gasteiger partial charge is 0.407 e. The predicted octanol–water partition coefficient (Wildman–Crippen LogP) is 1.31. The van der Waals surface area contributed by atoms with Gasteiger partial charge in [-0.1, -0.05) is 0 Å². The molecule has 0 bridgehead atoms. The maximum atomic E-state index is 11.7. The van der Waals surface area contributed by atoms with E-state index in [-0.39, 0.29) is 30.7 Å². The van der Waals surface area contributed by atoms with Crippen LogP contribution >= 0.6 is 0 Å². The molecule has 0 aromatic carbocycles. The first-order chi connectivity index (χ1) is 10.7. The normalized spacial score (nSPS) is 21.3. The van der Waals surface area contributed by atoms with Crippen LogP contribution in [0.5, 0.6) is 0 Å². The molecule has 0 radical (unpaired) electrons. The van der Waals surface area contributed by atoms with Crippen molar-refractivity contribution in [3.05, 3.63) is 0 Å². The molecule has 0 atom stereocenters. The number of carbonyl (C=O) groups is 3. The molecule has 1 saturated carbocycles. The van der Waals surface area contributed by atoms with Crippen LogP contribution < -0.4 is 16.4 Å². The molecule has 4 N–H and O–H groups in total. The topological polar surface area (TPSA) is 111 Å². The van der Waals surface area contributed by atoms with Gasteiger partial charge >= 0.3 is 6.09 Å². The fraction of sp³-hybridized carbons (Fsp3) is 0.812. The second kappa shape index (κ2) is 8.74. The summed E-state index contributed by atoms with van der Waals surface area (Å²) in [7, 11) is 0. The maximum Gasteiger partial charge on any atom is 0.407 e. The molecule has 3 amide bonds. The number of alkyl carbamates (subject to hydrolysis) is 1. The lowest BCUT2D eigenvalue weighted by Crippen LogP contribution is -2.37. The van der Waals surface area contributed by atoms with Crippen molar-refractivity contribution in [1.29, 1.82) is 0 Å². The molecule has 23 heavy (non-hydrogen) atoms. The van der Waals surface area contributed by atoms with E-state index in [0.717, 1.165) is 25.7 Å². The van der Waals surface area contributed by atoms with E-state index in [1.165, 1.54) is 0 Å². The van der Waals surface area contributed by atoms with Gasteiger partial charge in [-0.3, -0.25) is 9.59 Å². The van der Waals surface area contributed by atoms with Gasteiger partial charge in [-0.15, -0.1) is 0 Å². The van der Waals surface area contributed by atoms with Gasteiger partial charge in [0, 0.05) is 25.4 Å². The molecule has 0 aliphatic heterocycles. The van der Waals surface area contributed by atoms with Gasteiger partial charge in [-0.05, 0) is 52.4 Å². The van der Waals surface area contributed by atoms with Gasteiger partial charge < -0.3 is 21.1 Å². The molecule has 0 heterocycles. The van der Waals surface area contributed by atoms with Gasteiger partial charge in [0.15, 0.2) is 0 Å². The van der Waals surface area contributed by atoms with Gasteiger partial charge in [0.05, 0.1) is 0 Å². The minimum Gasteiger partial charge on any atom is -0.444 e. The highest BCUT2D eigenvalue weighted by molar-refractivity contribution is 5.77. The maximum absolute atomic E-state index is 11.7. The van der Waals surface area contributed by atoms with Crippen molar-refractivity contribution in [2.75, 3.05) is 13.1 Å². The Labute approximate surface area is 137 Å². The summed E-state index contributed by atoms with van der Waals surface area (Å²) < 4.78 is 5.08. The third kappa shape index (κ3) is 8.42. The second-order valence-corrected chi connectivity index (χ2v) is 7.10. The van der Waals surface area contributed by atoms with Gasteiger partial charge in [0.2, 0.25) is 11.8 Å². The van der Waals surface area contributed by atoms with Gasteiger partial charge in [-0.2, -0.15) is 0 Å². The highest BCUT2D eigenvalue weighted by Gasteiger charge is 2.24. The summed E-state index contributed by atoms with van der Waals surface area (Å²) in [5.74, 6) is 0.0622.